The first-order valence-electron chi connectivity index (χ1n) is 13.7. The fraction of sp³-hybridized carbons (Fsp3) is 0.400. The molecule has 0 saturated carbocycles. The number of pyridine rings is 1. The second kappa shape index (κ2) is 11.3. The van der Waals surface area contributed by atoms with Gasteiger partial charge in [-0.1, -0.05) is 18.2 Å². The molecule has 1 aromatic heterocycles. The number of hydrogen-bond donors (Lipinski definition) is 1. The molecule has 1 N–H and O–H groups in total. The number of hydrogen-bond acceptors (Lipinski definition) is 7. The Morgan fingerprint density at radius 3 is 2.42 bits per heavy atom. The molecule has 1 fully saturated rings. The standard InChI is InChI=1S/C30H35FN4O4S/c1-21(2)39-23-10-12-24(13-11-23)40(37,38)35-27-14-9-22(3)33-28(27)30(29(35)36,25-7-4-5-8-26(25)31)15-6-18-34-19-16-32-17-20-34/h4-5,7-14,21,32H,6,15-20H2,1-3H3. The lowest BCUT2D eigenvalue weighted by atomic mass is 9.74. The zero-order chi connectivity index (χ0) is 28.5. The molecule has 0 radical (unpaired) electrons. The number of amides is 1. The van der Waals surface area contributed by atoms with Crippen molar-refractivity contribution < 1.29 is 22.3 Å². The maximum absolute atomic E-state index is 15.6. The van der Waals surface area contributed by atoms with Crippen molar-refractivity contribution in [2.24, 2.45) is 0 Å². The summed E-state index contributed by atoms with van der Waals surface area (Å²) in [5.41, 5.74) is -0.411. The number of halogens is 1. The van der Waals surface area contributed by atoms with Crippen LogP contribution in [0.4, 0.5) is 10.1 Å². The summed E-state index contributed by atoms with van der Waals surface area (Å²) >= 11 is 0. The van der Waals surface area contributed by atoms with Crippen molar-refractivity contribution in [3.63, 3.8) is 0 Å². The van der Waals surface area contributed by atoms with Crippen LogP contribution in [-0.4, -0.2) is 63.0 Å². The molecule has 2 aliphatic heterocycles. The molecule has 5 rings (SSSR count). The second-order valence-corrected chi connectivity index (χ2v) is 12.4. The Morgan fingerprint density at radius 1 is 1.05 bits per heavy atom. The summed E-state index contributed by atoms with van der Waals surface area (Å²) in [4.78, 5) is 21.5. The van der Waals surface area contributed by atoms with E-state index in [0.29, 0.717) is 24.4 Å². The van der Waals surface area contributed by atoms with E-state index in [4.69, 9.17) is 9.72 Å². The molecule has 40 heavy (non-hydrogen) atoms. The van der Waals surface area contributed by atoms with Crippen molar-refractivity contribution >= 4 is 21.6 Å². The summed E-state index contributed by atoms with van der Waals surface area (Å²) in [6, 6.07) is 15.4. The van der Waals surface area contributed by atoms with Crippen molar-refractivity contribution in [3.8, 4) is 5.75 Å². The molecular formula is C30H35FN4O4S. The number of rotatable bonds is 9. The number of anilines is 1. The average Bonchev–Trinajstić information content (AvgIpc) is 3.17. The van der Waals surface area contributed by atoms with Gasteiger partial charge in [0.2, 0.25) is 0 Å². The number of carbonyl (C=O) groups excluding carboxylic acids is 1. The maximum Gasteiger partial charge on any atom is 0.271 e. The van der Waals surface area contributed by atoms with Gasteiger partial charge in [0.25, 0.3) is 15.9 Å². The number of aromatic nitrogens is 1. The van der Waals surface area contributed by atoms with Crippen LogP contribution in [0.25, 0.3) is 0 Å². The van der Waals surface area contributed by atoms with Crippen LogP contribution in [0.1, 0.15) is 43.6 Å². The fourth-order valence-corrected chi connectivity index (χ4v) is 7.10. The molecule has 212 valence electrons. The molecule has 3 heterocycles. The molecule has 1 atom stereocenters. The minimum Gasteiger partial charge on any atom is -0.491 e. The summed E-state index contributed by atoms with van der Waals surface area (Å²) in [7, 11) is -4.35. The van der Waals surface area contributed by atoms with Gasteiger partial charge in [0.05, 0.1) is 22.4 Å². The SMILES string of the molecule is Cc1ccc2c(n1)C(CCCN1CCNCC1)(c1ccccc1F)C(=O)N2S(=O)(=O)c1ccc(OC(C)C)cc1. The van der Waals surface area contributed by atoms with Crippen molar-refractivity contribution in [1.82, 2.24) is 15.2 Å². The van der Waals surface area contributed by atoms with E-state index in [-0.39, 0.29) is 34.4 Å². The minimum absolute atomic E-state index is 0.0615. The first kappa shape index (κ1) is 28.2. The summed E-state index contributed by atoms with van der Waals surface area (Å²) in [5.74, 6) is -0.761. The van der Waals surface area contributed by atoms with Gasteiger partial charge >= 0.3 is 0 Å². The summed E-state index contributed by atoms with van der Waals surface area (Å²) in [6.07, 6.45) is 0.698. The Kier molecular flexibility index (Phi) is 7.94. The molecule has 3 aromatic rings. The third kappa shape index (κ3) is 5.11. The highest BCUT2D eigenvalue weighted by Crippen LogP contribution is 2.50. The molecule has 0 aliphatic carbocycles. The predicted molar refractivity (Wildman–Crippen MR) is 152 cm³/mol. The number of aryl methyl sites for hydroxylation is 1. The molecule has 2 aromatic carbocycles. The highest BCUT2D eigenvalue weighted by Gasteiger charge is 2.57. The number of sulfonamides is 1. The van der Waals surface area contributed by atoms with Crippen LogP contribution in [0.2, 0.25) is 0 Å². The summed E-state index contributed by atoms with van der Waals surface area (Å²) in [6.45, 7) is 9.77. The summed E-state index contributed by atoms with van der Waals surface area (Å²) in [5, 5.41) is 3.33. The zero-order valence-electron chi connectivity index (χ0n) is 23.1. The Bertz CT molecular complexity index is 1490. The predicted octanol–water partition coefficient (Wildman–Crippen LogP) is 4.02. The lowest BCUT2D eigenvalue weighted by molar-refractivity contribution is -0.121. The van der Waals surface area contributed by atoms with Gasteiger partial charge in [-0.2, -0.15) is 4.31 Å². The van der Waals surface area contributed by atoms with Crippen molar-refractivity contribution in [2.75, 3.05) is 37.0 Å². The van der Waals surface area contributed by atoms with Crippen LogP contribution in [0.15, 0.2) is 65.6 Å². The van der Waals surface area contributed by atoms with E-state index in [1.807, 2.05) is 13.8 Å². The second-order valence-electron chi connectivity index (χ2n) is 10.6. The molecule has 2 aliphatic rings. The van der Waals surface area contributed by atoms with Crippen LogP contribution in [0, 0.1) is 12.7 Å². The van der Waals surface area contributed by atoms with Gasteiger partial charge < -0.3 is 15.0 Å². The molecule has 1 unspecified atom stereocenters. The Labute approximate surface area is 235 Å². The van der Waals surface area contributed by atoms with E-state index in [1.54, 1.807) is 49.4 Å². The smallest absolute Gasteiger partial charge is 0.271 e. The topological polar surface area (TPSA) is 91.8 Å². The quantitative estimate of drug-likeness (QED) is 0.418. The number of nitrogens with one attached hydrogen (secondary N) is 1. The van der Waals surface area contributed by atoms with Crippen LogP contribution < -0.4 is 14.4 Å². The number of carbonyl (C=O) groups is 1. The van der Waals surface area contributed by atoms with Gasteiger partial charge in [-0.25, -0.2) is 12.8 Å². The fourth-order valence-electron chi connectivity index (χ4n) is 5.63. The van der Waals surface area contributed by atoms with E-state index < -0.39 is 27.2 Å². The average molecular weight is 567 g/mol. The number of ether oxygens (including phenoxy) is 1. The lowest BCUT2D eigenvalue weighted by Crippen LogP contribution is -2.46. The van der Waals surface area contributed by atoms with Crippen LogP contribution in [0.5, 0.6) is 5.75 Å². The molecule has 0 spiro atoms. The van der Waals surface area contributed by atoms with E-state index in [9.17, 15) is 13.2 Å². The third-order valence-corrected chi connectivity index (χ3v) is 9.20. The van der Waals surface area contributed by atoms with E-state index in [0.717, 1.165) is 30.5 Å². The van der Waals surface area contributed by atoms with Crippen molar-refractivity contribution in [1.29, 1.82) is 0 Å². The largest absolute Gasteiger partial charge is 0.491 e. The first-order valence-corrected chi connectivity index (χ1v) is 15.1. The van der Waals surface area contributed by atoms with Gasteiger partial charge in [0.1, 0.15) is 17.0 Å². The van der Waals surface area contributed by atoms with Crippen molar-refractivity contribution in [3.05, 3.63) is 83.4 Å². The Balaban J connectivity index is 1.60. The molecule has 0 bridgehead atoms. The van der Waals surface area contributed by atoms with E-state index in [1.165, 1.54) is 18.2 Å². The third-order valence-electron chi connectivity index (χ3n) is 7.49. The molecule has 10 heteroatoms. The van der Waals surface area contributed by atoms with Gasteiger partial charge in [0.15, 0.2) is 0 Å². The van der Waals surface area contributed by atoms with E-state index in [2.05, 4.69) is 10.2 Å². The number of benzene rings is 2. The van der Waals surface area contributed by atoms with Gasteiger partial charge in [-0.15, -0.1) is 0 Å². The maximum atomic E-state index is 15.6. The van der Waals surface area contributed by atoms with Crippen LogP contribution in [-0.2, 0) is 20.2 Å². The Morgan fingerprint density at radius 2 is 1.75 bits per heavy atom. The summed E-state index contributed by atoms with van der Waals surface area (Å²) < 4.78 is 50.2. The zero-order valence-corrected chi connectivity index (χ0v) is 23.9. The molecule has 1 amide bonds. The number of nitrogens with zero attached hydrogens (tertiary/aromatic N) is 3. The number of piperazine rings is 1. The normalized spacial score (nSPS) is 19.7. The van der Waals surface area contributed by atoms with Gasteiger partial charge in [-0.05, 0) is 82.6 Å². The monoisotopic (exact) mass is 566 g/mol. The lowest BCUT2D eigenvalue weighted by Gasteiger charge is -2.31. The van der Waals surface area contributed by atoms with Gasteiger partial charge in [0, 0.05) is 37.4 Å². The minimum atomic E-state index is -4.35. The molecule has 8 nitrogen and oxygen atoms in total. The van der Waals surface area contributed by atoms with Crippen molar-refractivity contribution in [2.45, 2.75) is 50.0 Å². The van der Waals surface area contributed by atoms with Crippen LogP contribution in [0.3, 0.4) is 0 Å². The van der Waals surface area contributed by atoms with E-state index >= 15 is 4.39 Å². The number of fused-ring (bicyclic) bond motifs is 1. The molecule has 1 saturated heterocycles. The van der Waals surface area contributed by atoms with Crippen LogP contribution >= 0.6 is 0 Å². The Hall–Kier alpha value is -3.34. The molecular weight excluding hydrogens is 531 g/mol. The first-order chi connectivity index (χ1) is 19.1. The van der Waals surface area contributed by atoms with Gasteiger partial charge in [-0.3, -0.25) is 9.78 Å². The highest BCUT2D eigenvalue weighted by molar-refractivity contribution is 7.93. The highest BCUT2D eigenvalue weighted by atomic mass is 32.2.